The van der Waals surface area contributed by atoms with E-state index < -0.39 is 41.8 Å². The Kier molecular flexibility index (Phi) is 3.75. The zero-order valence-electron chi connectivity index (χ0n) is 11.5. The highest BCUT2D eigenvalue weighted by molar-refractivity contribution is 5.89. The number of fused-ring (bicyclic) bond motifs is 1. The molecule has 0 aromatic carbocycles. The zero-order valence-corrected chi connectivity index (χ0v) is 11.5. The fraction of sp³-hybridized carbons (Fsp3) is 0.692. The number of carbonyl (C=O) groups is 2. The molecule has 2 rings (SSSR count). The van der Waals surface area contributed by atoms with Gasteiger partial charge in [0.1, 0.15) is 5.60 Å². The van der Waals surface area contributed by atoms with E-state index in [1.165, 1.54) is 14.0 Å². The minimum Gasteiger partial charge on any atom is -0.472 e. The average molecular weight is 286 g/mol. The molecule has 2 N–H and O–H groups in total. The van der Waals surface area contributed by atoms with Gasteiger partial charge < -0.3 is 24.4 Å². The third kappa shape index (κ3) is 2.27. The summed E-state index contributed by atoms with van der Waals surface area (Å²) >= 11 is 0. The Labute approximate surface area is 116 Å². The number of aliphatic hydroxyl groups is 2. The molecule has 0 aromatic rings. The van der Waals surface area contributed by atoms with Crippen LogP contribution >= 0.6 is 0 Å². The van der Waals surface area contributed by atoms with Crippen molar-refractivity contribution in [2.75, 3.05) is 7.11 Å². The molecule has 1 saturated carbocycles. The maximum absolute atomic E-state index is 11.7. The van der Waals surface area contributed by atoms with Gasteiger partial charge in [-0.1, -0.05) is 0 Å². The lowest BCUT2D eigenvalue weighted by molar-refractivity contribution is -0.189. The predicted molar refractivity (Wildman–Crippen MR) is 65.0 cm³/mol. The molecule has 5 atom stereocenters. The summed E-state index contributed by atoms with van der Waals surface area (Å²) in [6.45, 7) is 2.85. The van der Waals surface area contributed by atoms with Crippen LogP contribution in [0.1, 0.15) is 20.3 Å². The van der Waals surface area contributed by atoms with Crippen LogP contribution in [0.25, 0.3) is 0 Å². The van der Waals surface area contributed by atoms with Gasteiger partial charge >= 0.3 is 11.9 Å². The van der Waals surface area contributed by atoms with Crippen LogP contribution < -0.4 is 0 Å². The van der Waals surface area contributed by atoms with E-state index in [0.717, 1.165) is 6.26 Å². The third-order valence-corrected chi connectivity index (χ3v) is 3.92. The number of aliphatic hydroxyl groups excluding tert-OH is 2. The minimum absolute atomic E-state index is 0.108. The molecule has 1 aliphatic heterocycles. The Morgan fingerprint density at radius 2 is 2.10 bits per heavy atom. The van der Waals surface area contributed by atoms with E-state index in [9.17, 15) is 19.8 Å². The van der Waals surface area contributed by atoms with E-state index in [1.54, 1.807) is 6.92 Å². The van der Waals surface area contributed by atoms with Gasteiger partial charge in [-0.05, 0) is 6.92 Å². The Balaban J connectivity index is 2.38. The van der Waals surface area contributed by atoms with Crippen LogP contribution in [0.4, 0.5) is 0 Å². The molecule has 2 aliphatic rings. The van der Waals surface area contributed by atoms with Crippen LogP contribution in [0, 0.1) is 11.8 Å². The summed E-state index contributed by atoms with van der Waals surface area (Å²) < 4.78 is 14.9. The lowest BCUT2D eigenvalue weighted by Gasteiger charge is -2.38. The number of ether oxygens (including phenoxy) is 3. The summed E-state index contributed by atoms with van der Waals surface area (Å²) in [5.41, 5.74) is -0.978. The lowest BCUT2D eigenvalue weighted by Crippen LogP contribution is -2.47. The monoisotopic (exact) mass is 286 g/mol. The molecule has 0 amide bonds. The van der Waals surface area contributed by atoms with Crippen LogP contribution in [0.5, 0.6) is 0 Å². The Morgan fingerprint density at radius 1 is 1.45 bits per heavy atom. The lowest BCUT2D eigenvalue weighted by atomic mass is 9.80. The SMILES string of the molecule is COC(=O)C1=COC(O)C2C1C(O)CC2(C)OC(C)=O. The fourth-order valence-electron chi connectivity index (χ4n) is 3.22. The summed E-state index contributed by atoms with van der Waals surface area (Å²) in [7, 11) is 1.22. The minimum atomic E-state index is -1.27. The molecule has 0 saturated heterocycles. The highest BCUT2D eigenvalue weighted by atomic mass is 16.6. The van der Waals surface area contributed by atoms with Gasteiger partial charge in [-0.25, -0.2) is 4.79 Å². The van der Waals surface area contributed by atoms with Gasteiger partial charge in [-0.15, -0.1) is 0 Å². The van der Waals surface area contributed by atoms with E-state index in [1.807, 2.05) is 0 Å². The van der Waals surface area contributed by atoms with Crippen LogP contribution in [-0.2, 0) is 23.8 Å². The topological polar surface area (TPSA) is 102 Å². The molecule has 0 aromatic heterocycles. The van der Waals surface area contributed by atoms with E-state index in [4.69, 9.17) is 9.47 Å². The summed E-state index contributed by atoms with van der Waals surface area (Å²) in [6.07, 6.45) is -1.000. The quantitative estimate of drug-likeness (QED) is 0.672. The van der Waals surface area contributed by atoms with Crippen LogP contribution in [0.3, 0.4) is 0 Å². The Hall–Kier alpha value is -1.60. The van der Waals surface area contributed by atoms with Gasteiger partial charge in [0.2, 0.25) is 6.29 Å². The Bertz CT molecular complexity index is 458. The molecule has 20 heavy (non-hydrogen) atoms. The van der Waals surface area contributed by atoms with Gasteiger partial charge in [-0.2, -0.15) is 0 Å². The first-order chi connectivity index (χ1) is 9.30. The molecule has 0 radical (unpaired) electrons. The molecule has 7 nitrogen and oxygen atoms in total. The van der Waals surface area contributed by atoms with Crippen molar-refractivity contribution in [1.29, 1.82) is 0 Å². The number of esters is 2. The smallest absolute Gasteiger partial charge is 0.337 e. The third-order valence-electron chi connectivity index (χ3n) is 3.92. The van der Waals surface area contributed by atoms with Crippen molar-refractivity contribution < 1.29 is 34.0 Å². The molecular weight excluding hydrogens is 268 g/mol. The number of hydrogen-bond donors (Lipinski definition) is 2. The molecular formula is C13H18O7. The van der Waals surface area contributed by atoms with Gasteiger partial charge in [-0.3, -0.25) is 4.79 Å². The molecule has 1 fully saturated rings. The average Bonchev–Trinajstić information content (AvgIpc) is 2.60. The summed E-state index contributed by atoms with van der Waals surface area (Å²) in [4.78, 5) is 23.0. The summed E-state index contributed by atoms with van der Waals surface area (Å²) in [5.74, 6) is -2.60. The van der Waals surface area contributed by atoms with Crippen molar-refractivity contribution >= 4 is 11.9 Å². The molecule has 0 bridgehead atoms. The first-order valence-corrected chi connectivity index (χ1v) is 6.29. The van der Waals surface area contributed by atoms with Gasteiger partial charge in [0, 0.05) is 19.3 Å². The first-order valence-electron chi connectivity index (χ1n) is 6.29. The molecule has 5 unspecified atom stereocenters. The van der Waals surface area contributed by atoms with E-state index >= 15 is 0 Å². The van der Waals surface area contributed by atoms with Crippen LogP contribution in [-0.4, -0.2) is 47.3 Å². The van der Waals surface area contributed by atoms with Gasteiger partial charge in [0.25, 0.3) is 0 Å². The highest BCUT2D eigenvalue weighted by Gasteiger charge is 2.60. The molecule has 0 spiro atoms. The van der Waals surface area contributed by atoms with E-state index in [0.29, 0.717) is 0 Å². The van der Waals surface area contributed by atoms with Crippen molar-refractivity contribution in [3.8, 4) is 0 Å². The Morgan fingerprint density at radius 3 is 2.65 bits per heavy atom. The number of rotatable bonds is 2. The van der Waals surface area contributed by atoms with Crippen molar-refractivity contribution in [1.82, 2.24) is 0 Å². The van der Waals surface area contributed by atoms with Gasteiger partial charge in [0.15, 0.2) is 0 Å². The van der Waals surface area contributed by atoms with Crippen molar-refractivity contribution in [2.45, 2.75) is 38.3 Å². The van der Waals surface area contributed by atoms with Crippen molar-refractivity contribution in [2.24, 2.45) is 11.8 Å². The second-order valence-electron chi connectivity index (χ2n) is 5.32. The van der Waals surface area contributed by atoms with Crippen LogP contribution in [0.2, 0.25) is 0 Å². The zero-order chi connectivity index (χ0) is 15.1. The number of carbonyl (C=O) groups excluding carboxylic acids is 2. The molecule has 112 valence electrons. The van der Waals surface area contributed by atoms with Gasteiger partial charge in [0.05, 0.1) is 31.0 Å². The molecule has 7 heteroatoms. The van der Waals surface area contributed by atoms with Crippen LogP contribution in [0.15, 0.2) is 11.8 Å². The first kappa shape index (κ1) is 14.8. The second-order valence-corrected chi connectivity index (χ2v) is 5.32. The summed E-state index contributed by atoms with van der Waals surface area (Å²) in [6, 6.07) is 0. The second kappa shape index (κ2) is 5.06. The van der Waals surface area contributed by atoms with E-state index in [2.05, 4.69) is 4.74 Å². The maximum atomic E-state index is 11.7. The van der Waals surface area contributed by atoms with Crippen molar-refractivity contribution in [3.05, 3.63) is 11.8 Å². The number of methoxy groups -OCH3 is 1. The van der Waals surface area contributed by atoms with Crippen molar-refractivity contribution in [3.63, 3.8) is 0 Å². The highest BCUT2D eigenvalue weighted by Crippen LogP contribution is 2.50. The standard InChI is InChI=1S/C13H18O7/c1-6(14)20-13(2)4-8(15)9-7(11(16)18-3)5-19-12(17)10(9)13/h5,8-10,12,15,17H,4H2,1-3H3. The predicted octanol–water partition coefficient (Wildman–Crippen LogP) is -0.289. The maximum Gasteiger partial charge on any atom is 0.337 e. The summed E-state index contributed by atoms with van der Waals surface area (Å²) in [5, 5.41) is 20.2. The fourth-order valence-corrected chi connectivity index (χ4v) is 3.22. The van der Waals surface area contributed by atoms with E-state index in [-0.39, 0.29) is 12.0 Å². The largest absolute Gasteiger partial charge is 0.472 e. The normalized spacial score (nSPS) is 39.4. The molecule has 1 heterocycles. The number of hydrogen-bond acceptors (Lipinski definition) is 7. The molecule has 1 aliphatic carbocycles.